The normalized spacial score (nSPS) is 14.1. The van der Waals surface area contributed by atoms with E-state index in [0.717, 1.165) is 6.07 Å². The Morgan fingerprint density at radius 1 is 1.39 bits per heavy atom. The lowest BCUT2D eigenvalue weighted by molar-refractivity contribution is -0.122. The second kappa shape index (κ2) is 6.44. The maximum Gasteiger partial charge on any atom is 0.220 e. The van der Waals surface area contributed by atoms with Crippen LogP contribution >= 0.6 is 0 Å². The number of rotatable bonds is 5. The molecule has 0 aliphatic carbocycles. The van der Waals surface area contributed by atoms with Crippen LogP contribution in [0.3, 0.4) is 0 Å². The number of halogens is 2. The summed E-state index contributed by atoms with van der Waals surface area (Å²) in [5.74, 6) is -1.40. The van der Waals surface area contributed by atoms with Gasteiger partial charge in [-0.2, -0.15) is 0 Å². The minimum atomic E-state index is -0.658. The average molecular weight is 256 g/mol. The average Bonchev–Trinajstić information content (AvgIpc) is 2.28. The Hall–Kier alpha value is -1.49. The first-order valence-corrected chi connectivity index (χ1v) is 5.88. The van der Waals surface area contributed by atoms with Gasteiger partial charge in [0, 0.05) is 18.1 Å². The predicted octanol–water partition coefficient (Wildman–Crippen LogP) is 2.13. The highest BCUT2D eigenvalue weighted by Gasteiger charge is 2.15. The van der Waals surface area contributed by atoms with Gasteiger partial charge in [0.25, 0.3) is 0 Å². The summed E-state index contributed by atoms with van der Waals surface area (Å²) >= 11 is 0. The van der Waals surface area contributed by atoms with Gasteiger partial charge < -0.3 is 11.1 Å². The topological polar surface area (TPSA) is 55.1 Å². The van der Waals surface area contributed by atoms with Crippen molar-refractivity contribution in [3.8, 4) is 0 Å². The summed E-state index contributed by atoms with van der Waals surface area (Å²) in [5.41, 5.74) is 5.69. The Morgan fingerprint density at radius 2 is 2.06 bits per heavy atom. The number of nitrogens with one attached hydrogen (secondary N) is 1. The van der Waals surface area contributed by atoms with E-state index in [-0.39, 0.29) is 17.4 Å². The third-order valence-corrected chi connectivity index (χ3v) is 2.74. The molecular formula is C13H18F2N2O. The first-order chi connectivity index (χ1) is 8.43. The highest BCUT2D eigenvalue weighted by atomic mass is 19.1. The molecule has 1 aromatic carbocycles. The second-order valence-electron chi connectivity index (χ2n) is 4.50. The second-order valence-corrected chi connectivity index (χ2v) is 4.50. The number of hydrogen-bond acceptors (Lipinski definition) is 2. The molecule has 2 atom stereocenters. The number of benzene rings is 1. The van der Waals surface area contributed by atoms with Gasteiger partial charge in [-0.1, -0.05) is 13.0 Å². The molecule has 2 unspecified atom stereocenters. The molecule has 0 bridgehead atoms. The van der Waals surface area contributed by atoms with Crippen molar-refractivity contribution in [2.24, 2.45) is 11.7 Å². The quantitative estimate of drug-likeness (QED) is 0.848. The van der Waals surface area contributed by atoms with Crippen molar-refractivity contribution in [2.75, 3.05) is 6.54 Å². The number of carbonyl (C=O) groups is 1. The fraction of sp³-hybridized carbons (Fsp3) is 0.462. The van der Waals surface area contributed by atoms with E-state index in [9.17, 15) is 13.6 Å². The molecule has 0 aliphatic rings. The van der Waals surface area contributed by atoms with Crippen molar-refractivity contribution < 1.29 is 13.6 Å². The molecule has 0 fully saturated rings. The largest absolute Gasteiger partial charge is 0.349 e. The molecule has 18 heavy (non-hydrogen) atoms. The summed E-state index contributed by atoms with van der Waals surface area (Å²) in [6.45, 7) is 3.94. The first kappa shape index (κ1) is 14.6. The van der Waals surface area contributed by atoms with Crippen LogP contribution in [0.15, 0.2) is 18.2 Å². The Morgan fingerprint density at radius 3 is 2.61 bits per heavy atom. The van der Waals surface area contributed by atoms with Crippen LogP contribution in [0.2, 0.25) is 0 Å². The fourth-order valence-electron chi connectivity index (χ4n) is 1.63. The van der Waals surface area contributed by atoms with Crippen molar-refractivity contribution in [1.82, 2.24) is 5.32 Å². The lowest BCUT2D eigenvalue weighted by Gasteiger charge is -2.16. The maximum absolute atomic E-state index is 13.5. The third kappa shape index (κ3) is 4.07. The zero-order valence-electron chi connectivity index (χ0n) is 10.5. The standard InChI is InChI=1S/C13H18F2N2O/c1-8(7-16)5-13(18)17-9(2)11-4-3-10(14)6-12(11)15/h3-4,6,8-9H,5,7,16H2,1-2H3,(H,17,18). The Balaban J connectivity index is 2.64. The van der Waals surface area contributed by atoms with Gasteiger partial charge in [0.05, 0.1) is 6.04 Å². The minimum absolute atomic E-state index is 0.0789. The maximum atomic E-state index is 13.5. The molecule has 3 N–H and O–H groups in total. The summed E-state index contributed by atoms with van der Waals surface area (Å²) in [5, 5.41) is 2.66. The molecule has 1 aromatic rings. The fourth-order valence-corrected chi connectivity index (χ4v) is 1.63. The Labute approximate surface area is 105 Å². The van der Waals surface area contributed by atoms with Crippen LogP contribution in [0.4, 0.5) is 8.78 Å². The number of amides is 1. The van der Waals surface area contributed by atoms with E-state index in [0.29, 0.717) is 13.0 Å². The van der Waals surface area contributed by atoms with Gasteiger partial charge in [0.15, 0.2) is 0 Å². The predicted molar refractivity (Wildman–Crippen MR) is 65.8 cm³/mol. The van der Waals surface area contributed by atoms with Gasteiger partial charge >= 0.3 is 0 Å². The van der Waals surface area contributed by atoms with Crippen molar-refractivity contribution >= 4 is 5.91 Å². The molecule has 0 aromatic heterocycles. The Bertz CT molecular complexity index is 423. The van der Waals surface area contributed by atoms with Crippen LogP contribution in [0.1, 0.15) is 31.9 Å². The lowest BCUT2D eigenvalue weighted by Crippen LogP contribution is -2.29. The lowest BCUT2D eigenvalue weighted by atomic mass is 10.1. The van der Waals surface area contributed by atoms with Crippen LogP contribution in [-0.4, -0.2) is 12.5 Å². The highest BCUT2D eigenvalue weighted by molar-refractivity contribution is 5.76. The van der Waals surface area contributed by atoms with Gasteiger partial charge in [0.1, 0.15) is 11.6 Å². The van der Waals surface area contributed by atoms with Crippen LogP contribution in [0, 0.1) is 17.6 Å². The van der Waals surface area contributed by atoms with Crippen LogP contribution in [-0.2, 0) is 4.79 Å². The minimum Gasteiger partial charge on any atom is -0.349 e. The van der Waals surface area contributed by atoms with E-state index in [1.54, 1.807) is 6.92 Å². The smallest absolute Gasteiger partial charge is 0.220 e. The monoisotopic (exact) mass is 256 g/mol. The van der Waals surface area contributed by atoms with Crippen LogP contribution < -0.4 is 11.1 Å². The summed E-state index contributed by atoms with van der Waals surface area (Å²) in [7, 11) is 0. The van der Waals surface area contributed by atoms with Gasteiger partial charge in [-0.25, -0.2) is 8.78 Å². The van der Waals surface area contributed by atoms with Crippen molar-refractivity contribution in [2.45, 2.75) is 26.3 Å². The molecule has 0 radical (unpaired) electrons. The molecule has 1 amide bonds. The molecule has 0 heterocycles. The first-order valence-electron chi connectivity index (χ1n) is 5.88. The summed E-state index contributed by atoms with van der Waals surface area (Å²) in [4.78, 5) is 11.6. The molecule has 0 saturated heterocycles. The molecule has 0 spiro atoms. The zero-order valence-corrected chi connectivity index (χ0v) is 10.5. The van der Waals surface area contributed by atoms with Gasteiger partial charge in [-0.3, -0.25) is 4.79 Å². The molecule has 0 aliphatic heterocycles. The van der Waals surface area contributed by atoms with E-state index in [4.69, 9.17) is 5.73 Å². The SMILES string of the molecule is CC(CN)CC(=O)NC(C)c1ccc(F)cc1F. The Kier molecular flexibility index (Phi) is 5.22. The molecule has 100 valence electrons. The van der Waals surface area contributed by atoms with Crippen molar-refractivity contribution in [1.29, 1.82) is 0 Å². The molecule has 1 rings (SSSR count). The summed E-state index contributed by atoms with van der Waals surface area (Å²) < 4.78 is 26.2. The molecule has 0 saturated carbocycles. The summed E-state index contributed by atoms with van der Waals surface area (Å²) in [6, 6.07) is 2.81. The molecular weight excluding hydrogens is 238 g/mol. The number of carbonyl (C=O) groups excluding carboxylic acids is 1. The van der Waals surface area contributed by atoms with Crippen LogP contribution in [0.25, 0.3) is 0 Å². The van der Waals surface area contributed by atoms with Crippen molar-refractivity contribution in [3.63, 3.8) is 0 Å². The van der Waals surface area contributed by atoms with E-state index in [1.165, 1.54) is 12.1 Å². The van der Waals surface area contributed by atoms with E-state index >= 15 is 0 Å². The van der Waals surface area contributed by atoms with Gasteiger partial charge in [0.2, 0.25) is 5.91 Å². The third-order valence-electron chi connectivity index (χ3n) is 2.74. The van der Waals surface area contributed by atoms with E-state index < -0.39 is 17.7 Å². The zero-order chi connectivity index (χ0) is 13.7. The van der Waals surface area contributed by atoms with Crippen LogP contribution in [0.5, 0.6) is 0 Å². The van der Waals surface area contributed by atoms with Gasteiger partial charge in [-0.05, 0) is 25.5 Å². The summed E-state index contributed by atoms with van der Waals surface area (Å²) in [6.07, 6.45) is 0.295. The van der Waals surface area contributed by atoms with Gasteiger partial charge in [-0.15, -0.1) is 0 Å². The number of nitrogens with two attached hydrogens (primary N) is 1. The van der Waals surface area contributed by atoms with Crippen molar-refractivity contribution in [3.05, 3.63) is 35.4 Å². The van der Waals surface area contributed by atoms with E-state index in [2.05, 4.69) is 5.32 Å². The molecule has 5 heteroatoms. The van der Waals surface area contributed by atoms with E-state index in [1.807, 2.05) is 6.92 Å². The molecule has 3 nitrogen and oxygen atoms in total. The highest BCUT2D eigenvalue weighted by Crippen LogP contribution is 2.18. The number of hydrogen-bond donors (Lipinski definition) is 2.